The fraction of sp³-hybridized carbons (Fsp3) is 0.429. The lowest BCUT2D eigenvalue weighted by molar-refractivity contribution is 0.198. The van der Waals surface area contributed by atoms with Crippen LogP contribution < -0.4 is 5.73 Å². The van der Waals surface area contributed by atoms with Crippen molar-refractivity contribution < 1.29 is 4.79 Å². The van der Waals surface area contributed by atoms with Crippen molar-refractivity contribution in [1.29, 1.82) is 0 Å². The summed E-state index contributed by atoms with van der Waals surface area (Å²) in [5.41, 5.74) is 7.93. The summed E-state index contributed by atoms with van der Waals surface area (Å²) in [7, 11) is 0. The van der Waals surface area contributed by atoms with Gasteiger partial charge in [-0.25, -0.2) is 4.79 Å². The maximum Gasteiger partial charge on any atom is 0.346 e. The van der Waals surface area contributed by atoms with Gasteiger partial charge in [0.25, 0.3) is 0 Å². The van der Waals surface area contributed by atoms with Gasteiger partial charge in [-0.1, -0.05) is 31.5 Å². The summed E-state index contributed by atoms with van der Waals surface area (Å²) in [6.07, 6.45) is 0. The lowest BCUT2D eigenvalue weighted by atomic mass is 9.99. The molecule has 2 amide bonds. The molecular weight excluding hydrogens is 262 g/mol. The van der Waals surface area contributed by atoms with Crippen LogP contribution in [0.1, 0.15) is 31.0 Å². The van der Waals surface area contributed by atoms with Crippen molar-refractivity contribution in [3.8, 4) is 0 Å². The molecule has 1 aliphatic rings. The molecule has 0 saturated carbocycles. The predicted molar refractivity (Wildman–Crippen MR) is 77.5 cm³/mol. The van der Waals surface area contributed by atoms with Crippen molar-refractivity contribution in [2.45, 2.75) is 26.8 Å². The van der Waals surface area contributed by atoms with Crippen LogP contribution in [0.3, 0.4) is 0 Å². The molecule has 4 nitrogen and oxygen atoms in total. The molecular formula is C14H18ClN3O. The molecule has 0 bridgehead atoms. The molecule has 1 aromatic carbocycles. The van der Waals surface area contributed by atoms with E-state index in [0.717, 1.165) is 11.1 Å². The summed E-state index contributed by atoms with van der Waals surface area (Å²) in [5, 5.41) is 0.677. The molecule has 0 saturated heterocycles. The van der Waals surface area contributed by atoms with E-state index in [-0.39, 0.29) is 12.1 Å². The summed E-state index contributed by atoms with van der Waals surface area (Å²) in [5.74, 6) is 0.719. The summed E-state index contributed by atoms with van der Waals surface area (Å²) < 4.78 is 0. The van der Waals surface area contributed by atoms with Gasteiger partial charge < -0.3 is 10.6 Å². The average molecular weight is 280 g/mol. The second-order valence-corrected chi connectivity index (χ2v) is 5.71. The third-order valence-corrected chi connectivity index (χ3v) is 3.39. The number of hydrogen-bond acceptors (Lipinski definition) is 2. The Balaban J connectivity index is 2.39. The van der Waals surface area contributed by atoms with Crippen molar-refractivity contribution in [2.24, 2.45) is 16.6 Å². The molecule has 0 aliphatic carbocycles. The molecule has 0 radical (unpaired) electrons. The maximum atomic E-state index is 11.9. The number of nitrogens with two attached hydrogens (primary N) is 1. The zero-order chi connectivity index (χ0) is 14.2. The molecule has 0 fully saturated rings. The topological polar surface area (TPSA) is 58.7 Å². The van der Waals surface area contributed by atoms with Gasteiger partial charge in [-0.2, -0.15) is 4.99 Å². The van der Waals surface area contributed by atoms with E-state index in [0.29, 0.717) is 23.3 Å². The number of carbonyl (C=O) groups excluding carboxylic acids is 1. The zero-order valence-corrected chi connectivity index (χ0v) is 12.1. The summed E-state index contributed by atoms with van der Waals surface area (Å²) in [6, 6.07) is 5.07. The smallest absolute Gasteiger partial charge is 0.346 e. The normalized spacial score (nSPS) is 19.2. The third-order valence-electron chi connectivity index (χ3n) is 3.15. The maximum absolute atomic E-state index is 11.9. The molecule has 2 rings (SSSR count). The highest BCUT2D eigenvalue weighted by atomic mass is 35.5. The summed E-state index contributed by atoms with van der Waals surface area (Å²) in [6.45, 7) is 6.72. The monoisotopic (exact) mass is 279 g/mol. The van der Waals surface area contributed by atoms with Crippen LogP contribution in [0.25, 0.3) is 0 Å². The first-order chi connectivity index (χ1) is 8.90. The van der Waals surface area contributed by atoms with E-state index >= 15 is 0 Å². The van der Waals surface area contributed by atoms with Gasteiger partial charge in [0.2, 0.25) is 0 Å². The van der Waals surface area contributed by atoms with Gasteiger partial charge in [-0.15, -0.1) is 0 Å². The van der Waals surface area contributed by atoms with Crippen LogP contribution in [0, 0.1) is 12.8 Å². The highest BCUT2D eigenvalue weighted by Gasteiger charge is 2.35. The van der Waals surface area contributed by atoms with Gasteiger partial charge in [-0.3, -0.25) is 0 Å². The number of aliphatic imine (C=N–C) groups is 1. The average Bonchev–Trinajstić information content (AvgIpc) is 2.54. The second kappa shape index (κ2) is 5.21. The Kier molecular flexibility index (Phi) is 3.80. The van der Waals surface area contributed by atoms with Crippen LogP contribution in [-0.2, 0) is 0 Å². The molecule has 102 valence electrons. The van der Waals surface area contributed by atoms with Gasteiger partial charge >= 0.3 is 6.03 Å². The lowest BCUT2D eigenvalue weighted by Gasteiger charge is -2.27. The fourth-order valence-electron chi connectivity index (χ4n) is 2.36. The summed E-state index contributed by atoms with van der Waals surface area (Å²) >= 11 is 5.97. The van der Waals surface area contributed by atoms with Crippen LogP contribution >= 0.6 is 11.6 Å². The quantitative estimate of drug-likeness (QED) is 0.924. The number of benzene rings is 1. The molecule has 5 heteroatoms. The molecule has 0 aromatic heterocycles. The molecule has 1 aromatic rings. The number of rotatable bonds is 3. The highest BCUT2D eigenvalue weighted by Crippen LogP contribution is 2.31. The number of hydrogen-bond donors (Lipinski definition) is 1. The molecule has 0 spiro atoms. The highest BCUT2D eigenvalue weighted by molar-refractivity contribution is 6.30. The number of aryl methyl sites for hydroxylation is 1. The fourth-order valence-corrected chi connectivity index (χ4v) is 2.58. The molecule has 1 atom stereocenters. The van der Waals surface area contributed by atoms with E-state index in [2.05, 4.69) is 18.8 Å². The predicted octanol–water partition coefficient (Wildman–Crippen LogP) is 3.14. The van der Waals surface area contributed by atoms with Crippen LogP contribution in [0.4, 0.5) is 4.79 Å². The van der Waals surface area contributed by atoms with E-state index in [1.165, 1.54) is 0 Å². The number of urea groups is 1. The van der Waals surface area contributed by atoms with Crippen LogP contribution in [0.15, 0.2) is 23.2 Å². The van der Waals surface area contributed by atoms with Gasteiger partial charge in [0.15, 0.2) is 0 Å². The first-order valence-electron chi connectivity index (χ1n) is 6.31. The van der Waals surface area contributed by atoms with E-state index in [9.17, 15) is 4.79 Å². The van der Waals surface area contributed by atoms with E-state index in [1.54, 1.807) is 4.90 Å². The molecule has 2 N–H and O–H groups in total. The SMILES string of the molecule is Cc1cc(Cl)ccc1C1C(N)=NC(=O)N1CC(C)C. The molecule has 1 aliphatic heterocycles. The Bertz CT molecular complexity index is 539. The first kappa shape index (κ1) is 13.9. The number of carbonyl (C=O) groups is 1. The largest absolute Gasteiger partial charge is 0.385 e. The number of amidine groups is 1. The Morgan fingerprint density at radius 1 is 1.47 bits per heavy atom. The molecule has 19 heavy (non-hydrogen) atoms. The van der Waals surface area contributed by atoms with E-state index < -0.39 is 0 Å². The van der Waals surface area contributed by atoms with Gasteiger partial charge in [0.1, 0.15) is 11.9 Å². The van der Waals surface area contributed by atoms with Crippen LogP contribution in [-0.4, -0.2) is 23.3 Å². The van der Waals surface area contributed by atoms with Gasteiger partial charge in [-0.05, 0) is 36.1 Å². The Morgan fingerprint density at radius 2 is 2.16 bits per heavy atom. The Hall–Kier alpha value is -1.55. The van der Waals surface area contributed by atoms with E-state index in [1.807, 2.05) is 25.1 Å². The van der Waals surface area contributed by atoms with Gasteiger partial charge in [0.05, 0.1) is 0 Å². The van der Waals surface area contributed by atoms with Crippen LogP contribution in [0.5, 0.6) is 0 Å². The Labute approximate surface area is 118 Å². The number of halogens is 1. The minimum absolute atomic E-state index is 0.259. The second-order valence-electron chi connectivity index (χ2n) is 5.27. The van der Waals surface area contributed by atoms with Crippen molar-refractivity contribution in [1.82, 2.24) is 4.90 Å². The van der Waals surface area contributed by atoms with Crippen LogP contribution in [0.2, 0.25) is 5.02 Å². The van der Waals surface area contributed by atoms with Crippen molar-refractivity contribution in [3.05, 3.63) is 34.3 Å². The minimum atomic E-state index is -0.271. The Morgan fingerprint density at radius 3 is 2.74 bits per heavy atom. The third kappa shape index (κ3) is 2.73. The zero-order valence-electron chi connectivity index (χ0n) is 11.4. The summed E-state index contributed by atoms with van der Waals surface area (Å²) in [4.78, 5) is 17.5. The van der Waals surface area contributed by atoms with Crippen molar-refractivity contribution >= 4 is 23.5 Å². The molecule has 1 heterocycles. The lowest BCUT2D eigenvalue weighted by Crippen LogP contribution is -2.36. The number of amides is 2. The molecule has 1 unspecified atom stereocenters. The first-order valence-corrected chi connectivity index (χ1v) is 6.68. The van der Waals surface area contributed by atoms with Crippen molar-refractivity contribution in [2.75, 3.05) is 6.54 Å². The standard InChI is InChI=1S/C14H18ClN3O/c1-8(2)7-18-12(13(16)17-14(18)19)11-5-4-10(15)6-9(11)3/h4-6,8,12H,7H2,1-3H3,(H2,16,17,19). The minimum Gasteiger partial charge on any atom is -0.385 e. The van der Waals surface area contributed by atoms with Crippen molar-refractivity contribution in [3.63, 3.8) is 0 Å². The van der Waals surface area contributed by atoms with Gasteiger partial charge in [0, 0.05) is 11.6 Å². The van der Waals surface area contributed by atoms with E-state index in [4.69, 9.17) is 17.3 Å². The number of nitrogens with zero attached hydrogens (tertiary/aromatic N) is 2.